The molecule has 0 aliphatic rings. The van der Waals surface area contributed by atoms with E-state index in [1.165, 1.54) is 38.2 Å². The Morgan fingerprint density at radius 3 is 1.51 bits per heavy atom. The third-order valence-electron chi connectivity index (χ3n) is 6.83. The summed E-state index contributed by atoms with van der Waals surface area (Å²) in [5, 5.41) is 4.25. The van der Waals surface area contributed by atoms with Crippen LogP contribution in [0.2, 0.25) is 0 Å². The van der Waals surface area contributed by atoms with Crippen LogP contribution >= 0.6 is 7.26 Å². The van der Waals surface area contributed by atoms with Gasteiger partial charge in [0.25, 0.3) is 0 Å². The highest BCUT2D eigenvalue weighted by Gasteiger charge is 2.44. The summed E-state index contributed by atoms with van der Waals surface area (Å²) in [6.45, 7) is 10.9. The smallest absolute Gasteiger partial charge is 0.0856 e. The van der Waals surface area contributed by atoms with Gasteiger partial charge in [0.05, 0.1) is 6.16 Å². The highest BCUT2D eigenvalue weighted by atomic mass is 31.2. The number of benzene rings is 3. The van der Waals surface area contributed by atoms with Crippen LogP contribution in [-0.2, 0) is 0 Å². The number of rotatable bonds is 12. The molecule has 39 heavy (non-hydrogen) atoms. The molecule has 0 saturated heterocycles. The zero-order chi connectivity index (χ0) is 27.9. The van der Waals surface area contributed by atoms with E-state index >= 15 is 0 Å². The van der Waals surface area contributed by atoms with Crippen molar-refractivity contribution in [3.63, 3.8) is 0 Å². The zero-order valence-electron chi connectivity index (χ0n) is 24.3. The zero-order valence-corrected chi connectivity index (χ0v) is 25.2. The molecule has 0 fully saturated rings. The molecule has 0 bridgehead atoms. The highest BCUT2D eigenvalue weighted by Crippen LogP contribution is 2.55. The molecule has 0 aliphatic carbocycles. The van der Waals surface area contributed by atoms with Gasteiger partial charge in [-0.1, -0.05) is 119 Å². The predicted octanol–water partition coefficient (Wildman–Crippen LogP) is 9.68. The van der Waals surface area contributed by atoms with Crippen molar-refractivity contribution in [2.45, 2.75) is 47.5 Å². The Balaban J connectivity index is 1.81. The minimum Gasteiger partial charge on any atom is -0.0856 e. The first-order chi connectivity index (χ1) is 18.9. The van der Waals surface area contributed by atoms with E-state index < -0.39 is 7.26 Å². The molecule has 0 saturated carbocycles. The Morgan fingerprint density at radius 2 is 1.03 bits per heavy atom. The van der Waals surface area contributed by atoms with Crippen LogP contribution in [0.5, 0.6) is 0 Å². The van der Waals surface area contributed by atoms with Crippen LogP contribution in [0.3, 0.4) is 0 Å². The lowest BCUT2D eigenvalue weighted by atomic mass is 10.1. The number of hydrogen-bond donors (Lipinski definition) is 0. The van der Waals surface area contributed by atoms with Gasteiger partial charge >= 0.3 is 0 Å². The van der Waals surface area contributed by atoms with Crippen LogP contribution in [-0.4, -0.2) is 6.16 Å². The molecule has 0 aromatic heterocycles. The van der Waals surface area contributed by atoms with E-state index in [0.717, 1.165) is 19.0 Å². The fraction of sp³-hybridized carbons (Fsp3) is 0.211. The topological polar surface area (TPSA) is 0 Å². The second-order valence-corrected chi connectivity index (χ2v) is 13.9. The van der Waals surface area contributed by atoms with Crippen LogP contribution in [0.1, 0.15) is 47.5 Å². The minimum atomic E-state index is -1.84. The second-order valence-electron chi connectivity index (χ2n) is 10.4. The molecule has 0 atom stereocenters. The maximum Gasteiger partial charge on any atom is 0.115 e. The minimum absolute atomic E-state index is 0.987. The summed E-state index contributed by atoms with van der Waals surface area (Å²) in [4.78, 5) is 0. The van der Waals surface area contributed by atoms with Crippen molar-refractivity contribution in [3.8, 4) is 0 Å². The van der Waals surface area contributed by atoms with Crippen molar-refractivity contribution >= 4 is 23.2 Å². The monoisotopic (exact) mass is 531 g/mol. The molecule has 3 aromatic carbocycles. The second kappa shape index (κ2) is 15.8. The van der Waals surface area contributed by atoms with Crippen molar-refractivity contribution < 1.29 is 0 Å². The normalized spacial score (nSPS) is 13.3. The Bertz CT molecular complexity index is 1230. The van der Waals surface area contributed by atoms with Crippen LogP contribution in [0.4, 0.5) is 0 Å². The first-order valence-electron chi connectivity index (χ1n) is 14.0. The van der Waals surface area contributed by atoms with Gasteiger partial charge in [-0.25, -0.2) is 0 Å². The summed E-state index contributed by atoms with van der Waals surface area (Å²) < 4.78 is 0. The first-order valence-corrected chi connectivity index (χ1v) is 15.9. The van der Waals surface area contributed by atoms with Gasteiger partial charge in [-0.2, -0.15) is 0 Å². The Morgan fingerprint density at radius 1 is 0.564 bits per heavy atom. The summed E-state index contributed by atoms with van der Waals surface area (Å²) in [7, 11) is -1.84. The van der Waals surface area contributed by atoms with Crippen molar-refractivity contribution in [3.05, 3.63) is 162 Å². The van der Waals surface area contributed by atoms with Gasteiger partial charge in [-0.3, -0.25) is 0 Å². The predicted molar refractivity (Wildman–Crippen MR) is 178 cm³/mol. The molecule has 3 rings (SSSR count). The van der Waals surface area contributed by atoms with Crippen LogP contribution < -0.4 is 15.9 Å². The van der Waals surface area contributed by atoms with E-state index in [1.54, 1.807) is 0 Å². The molecule has 1 heteroatoms. The maximum absolute atomic E-state index is 2.43. The molecule has 0 heterocycles. The summed E-state index contributed by atoms with van der Waals surface area (Å²) >= 11 is 0. The van der Waals surface area contributed by atoms with Crippen LogP contribution in [0, 0.1) is 0 Å². The largest absolute Gasteiger partial charge is 0.115 e. The van der Waals surface area contributed by atoms with Crippen LogP contribution in [0.25, 0.3) is 0 Å². The fourth-order valence-electron chi connectivity index (χ4n) is 4.60. The van der Waals surface area contributed by atoms with Crippen molar-refractivity contribution in [2.75, 3.05) is 6.16 Å². The molecule has 0 spiro atoms. The van der Waals surface area contributed by atoms with Gasteiger partial charge in [0.1, 0.15) is 23.2 Å². The van der Waals surface area contributed by atoms with E-state index in [4.69, 9.17) is 0 Å². The van der Waals surface area contributed by atoms with E-state index in [9.17, 15) is 0 Å². The summed E-state index contributed by atoms with van der Waals surface area (Å²) in [6.07, 6.45) is 21.1. The molecule has 0 unspecified atom stereocenters. The van der Waals surface area contributed by atoms with Crippen molar-refractivity contribution in [2.24, 2.45) is 0 Å². The number of hydrogen-bond acceptors (Lipinski definition) is 0. The molecule has 200 valence electrons. The third kappa shape index (κ3) is 9.35. The van der Waals surface area contributed by atoms with Gasteiger partial charge in [-0.15, -0.1) is 0 Å². The SMILES string of the molecule is CC(C)=CCC/C(C)=C/C=C/C(C)=C/C=C/C(C)=C/C[P+](c1ccccc1)(c1ccccc1)c1ccccc1. The summed E-state index contributed by atoms with van der Waals surface area (Å²) in [5.41, 5.74) is 5.33. The first kappa shape index (κ1) is 30.1. The Labute approximate surface area is 238 Å². The molecule has 3 aromatic rings. The lowest BCUT2D eigenvalue weighted by Gasteiger charge is -2.26. The van der Waals surface area contributed by atoms with Crippen LogP contribution in [0.15, 0.2) is 162 Å². The summed E-state index contributed by atoms with van der Waals surface area (Å²) in [6, 6.07) is 33.2. The summed E-state index contributed by atoms with van der Waals surface area (Å²) in [5.74, 6) is 0. The van der Waals surface area contributed by atoms with Gasteiger partial charge in [0.2, 0.25) is 0 Å². The quantitative estimate of drug-likeness (QED) is 0.124. The number of allylic oxidation sites excluding steroid dienone is 12. The molecular formula is C38H44P+. The van der Waals surface area contributed by atoms with E-state index in [-0.39, 0.29) is 0 Å². The molecule has 0 radical (unpaired) electrons. The lowest BCUT2D eigenvalue weighted by molar-refractivity contribution is 0.967. The lowest BCUT2D eigenvalue weighted by Crippen LogP contribution is -2.33. The molecular weight excluding hydrogens is 487 g/mol. The van der Waals surface area contributed by atoms with Gasteiger partial charge < -0.3 is 0 Å². The standard InChI is InChI=1S/C38H44P/c1-32(2)18-15-19-33(3)20-16-21-34(4)22-17-23-35(5)30-31-39(36-24-9-6-10-25-36,37-26-11-7-12-27-37)38-28-13-8-14-29-38/h6-14,16-18,20-30H,15,19,31H2,1-5H3/q+1/b21-16+,23-17+,33-20+,34-22+,35-30+. The fourth-order valence-corrected chi connectivity index (χ4v) is 8.74. The highest BCUT2D eigenvalue weighted by molar-refractivity contribution is 7.95. The third-order valence-corrected chi connectivity index (χ3v) is 11.1. The molecule has 0 aliphatic heterocycles. The van der Waals surface area contributed by atoms with Gasteiger partial charge in [0.15, 0.2) is 0 Å². The Hall–Kier alpha value is -3.47. The maximum atomic E-state index is 2.43. The van der Waals surface area contributed by atoms with Crippen molar-refractivity contribution in [1.29, 1.82) is 0 Å². The average molecular weight is 532 g/mol. The van der Waals surface area contributed by atoms with E-state index in [1.807, 2.05) is 0 Å². The Kier molecular flexibility index (Phi) is 12.2. The van der Waals surface area contributed by atoms with E-state index in [0.29, 0.717) is 0 Å². The van der Waals surface area contributed by atoms with Gasteiger partial charge in [-0.05, 0) is 89.9 Å². The van der Waals surface area contributed by atoms with E-state index in [2.05, 4.69) is 174 Å². The molecule has 0 N–H and O–H groups in total. The molecule has 0 nitrogen and oxygen atoms in total. The average Bonchev–Trinajstić information content (AvgIpc) is 2.95. The van der Waals surface area contributed by atoms with Crippen molar-refractivity contribution in [1.82, 2.24) is 0 Å². The van der Waals surface area contributed by atoms with Gasteiger partial charge in [0, 0.05) is 0 Å². The molecule has 0 amide bonds.